The zero-order chi connectivity index (χ0) is 16.2. The first-order valence-corrected chi connectivity index (χ1v) is 8.41. The lowest BCUT2D eigenvalue weighted by Crippen LogP contribution is -2.43. The molecule has 1 rings (SSSR count). The van der Waals surface area contributed by atoms with Crippen LogP contribution in [-0.2, 0) is 10.0 Å². The zero-order valence-electron chi connectivity index (χ0n) is 13.3. The Morgan fingerprint density at radius 3 is 2.10 bits per heavy atom. The van der Waals surface area contributed by atoms with Gasteiger partial charge in [-0.2, -0.15) is 4.31 Å². The number of Topliss-reactive ketones (excluding diaryl/α,β-unsaturated/α-hetero) is 1. The number of likely N-dealkylation sites (N-methyl/N-ethyl adjacent to an activating group) is 2. The van der Waals surface area contributed by atoms with Gasteiger partial charge in [0.15, 0.2) is 5.78 Å². The Bertz CT molecular complexity index is 579. The highest BCUT2D eigenvalue weighted by molar-refractivity contribution is 7.89. The molecule has 0 aromatic heterocycles. The smallest absolute Gasteiger partial charge is 0.243 e. The largest absolute Gasteiger partial charge is 0.308 e. The van der Waals surface area contributed by atoms with Gasteiger partial charge in [-0.05, 0) is 40.1 Å². The van der Waals surface area contributed by atoms with Crippen LogP contribution in [0.1, 0.15) is 31.1 Å². The highest BCUT2D eigenvalue weighted by Gasteiger charge is 2.27. The maximum Gasteiger partial charge on any atom is 0.243 e. The highest BCUT2D eigenvalue weighted by atomic mass is 32.2. The van der Waals surface area contributed by atoms with E-state index in [2.05, 4.69) is 0 Å². The molecule has 0 saturated carbocycles. The summed E-state index contributed by atoms with van der Waals surface area (Å²) in [5.41, 5.74) is 0.512. The minimum atomic E-state index is -3.54. The molecule has 0 spiro atoms. The first-order chi connectivity index (χ1) is 9.70. The van der Waals surface area contributed by atoms with Gasteiger partial charge in [0.25, 0.3) is 0 Å². The van der Waals surface area contributed by atoms with E-state index in [1.165, 1.54) is 23.4 Å². The van der Waals surface area contributed by atoms with Gasteiger partial charge in [0, 0.05) is 24.7 Å². The van der Waals surface area contributed by atoms with Gasteiger partial charge < -0.3 is 4.90 Å². The van der Waals surface area contributed by atoms with E-state index in [-0.39, 0.29) is 16.7 Å². The number of carbonyl (C=O) groups is 1. The minimum absolute atomic E-state index is 0.0766. The Morgan fingerprint density at radius 2 is 1.71 bits per heavy atom. The average molecular weight is 312 g/mol. The number of carbonyl (C=O) groups excluding carboxylic acids is 1. The van der Waals surface area contributed by atoms with Crippen LogP contribution >= 0.6 is 0 Å². The Labute approximate surface area is 127 Å². The number of rotatable bonds is 7. The Morgan fingerprint density at radius 1 is 1.19 bits per heavy atom. The molecule has 0 saturated heterocycles. The predicted molar refractivity (Wildman–Crippen MR) is 84.0 cm³/mol. The van der Waals surface area contributed by atoms with Crippen molar-refractivity contribution in [3.05, 3.63) is 29.8 Å². The summed E-state index contributed by atoms with van der Waals surface area (Å²) in [5.74, 6) is -0.0766. The van der Waals surface area contributed by atoms with E-state index < -0.39 is 10.0 Å². The van der Waals surface area contributed by atoms with Crippen LogP contribution in [0.2, 0.25) is 0 Å². The Hall–Kier alpha value is -1.24. The van der Waals surface area contributed by atoms with Crippen molar-refractivity contribution in [2.45, 2.75) is 31.7 Å². The minimum Gasteiger partial charge on any atom is -0.308 e. The standard InChI is InChI=1S/C15H24N2O3S/c1-6-17(12(2)11-16(4)5)21(19,20)15-9-7-14(8-10-15)13(3)18/h7-10,12H,6,11H2,1-5H3. The molecule has 0 aliphatic carbocycles. The van der Waals surface area contributed by atoms with Gasteiger partial charge >= 0.3 is 0 Å². The van der Waals surface area contributed by atoms with Crippen molar-refractivity contribution in [3.8, 4) is 0 Å². The van der Waals surface area contributed by atoms with Crippen molar-refractivity contribution >= 4 is 15.8 Å². The Balaban J connectivity index is 3.09. The van der Waals surface area contributed by atoms with Gasteiger partial charge in [0.2, 0.25) is 10.0 Å². The summed E-state index contributed by atoms with van der Waals surface area (Å²) in [6.45, 7) is 6.24. The molecular formula is C15H24N2O3S. The summed E-state index contributed by atoms with van der Waals surface area (Å²) >= 11 is 0. The molecule has 0 heterocycles. The summed E-state index contributed by atoms with van der Waals surface area (Å²) in [4.78, 5) is 13.4. The SMILES string of the molecule is CCN(C(C)CN(C)C)S(=O)(=O)c1ccc(C(C)=O)cc1. The van der Waals surface area contributed by atoms with Crippen LogP contribution in [-0.4, -0.2) is 56.6 Å². The Kier molecular flexibility index (Phi) is 6.07. The van der Waals surface area contributed by atoms with E-state index >= 15 is 0 Å². The third kappa shape index (κ3) is 4.36. The van der Waals surface area contributed by atoms with E-state index in [9.17, 15) is 13.2 Å². The van der Waals surface area contributed by atoms with Crippen LogP contribution in [0.4, 0.5) is 0 Å². The maximum absolute atomic E-state index is 12.7. The highest BCUT2D eigenvalue weighted by Crippen LogP contribution is 2.19. The normalized spacial score (nSPS) is 13.7. The predicted octanol–water partition coefficient (Wildman–Crippen LogP) is 1.85. The molecule has 0 amide bonds. The monoisotopic (exact) mass is 312 g/mol. The fourth-order valence-electron chi connectivity index (χ4n) is 2.34. The van der Waals surface area contributed by atoms with Crippen molar-refractivity contribution in [3.63, 3.8) is 0 Å². The van der Waals surface area contributed by atoms with E-state index in [1.807, 2.05) is 32.8 Å². The molecule has 0 bridgehead atoms. The second-order valence-corrected chi connectivity index (χ2v) is 7.29. The molecule has 1 unspecified atom stereocenters. The first kappa shape index (κ1) is 17.8. The summed E-state index contributed by atoms with van der Waals surface area (Å²) in [5, 5.41) is 0. The number of hydrogen-bond acceptors (Lipinski definition) is 4. The van der Waals surface area contributed by atoms with E-state index in [0.29, 0.717) is 18.7 Å². The molecule has 5 nitrogen and oxygen atoms in total. The summed E-state index contributed by atoms with van der Waals surface area (Å²) in [7, 11) is 0.287. The molecule has 6 heteroatoms. The molecule has 0 aliphatic heterocycles. The lowest BCUT2D eigenvalue weighted by molar-refractivity contribution is 0.101. The number of nitrogens with zero attached hydrogens (tertiary/aromatic N) is 2. The van der Waals surface area contributed by atoms with Crippen LogP contribution in [0.5, 0.6) is 0 Å². The van der Waals surface area contributed by atoms with Crippen LogP contribution in [0.15, 0.2) is 29.2 Å². The topological polar surface area (TPSA) is 57.7 Å². The third-order valence-electron chi connectivity index (χ3n) is 3.30. The van der Waals surface area contributed by atoms with Crippen molar-refractivity contribution in [2.75, 3.05) is 27.2 Å². The number of hydrogen-bond donors (Lipinski definition) is 0. The van der Waals surface area contributed by atoms with Crippen LogP contribution in [0.3, 0.4) is 0 Å². The fourth-order valence-corrected chi connectivity index (χ4v) is 3.97. The van der Waals surface area contributed by atoms with Crippen LogP contribution in [0, 0.1) is 0 Å². The molecule has 1 atom stereocenters. The molecule has 1 aromatic carbocycles. The molecule has 0 N–H and O–H groups in total. The second-order valence-electron chi connectivity index (χ2n) is 5.40. The zero-order valence-corrected chi connectivity index (χ0v) is 14.1. The van der Waals surface area contributed by atoms with E-state index in [4.69, 9.17) is 0 Å². The molecule has 0 fully saturated rings. The van der Waals surface area contributed by atoms with Gasteiger partial charge in [-0.1, -0.05) is 19.1 Å². The average Bonchev–Trinajstić information content (AvgIpc) is 2.38. The summed E-state index contributed by atoms with van der Waals surface area (Å²) in [6.07, 6.45) is 0. The van der Waals surface area contributed by atoms with E-state index in [1.54, 1.807) is 12.1 Å². The van der Waals surface area contributed by atoms with Gasteiger partial charge in [0.05, 0.1) is 4.90 Å². The van der Waals surface area contributed by atoms with Gasteiger partial charge in [-0.25, -0.2) is 8.42 Å². The second kappa shape index (κ2) is 7.15. The number of sulfonamides is 1. The molecular weight excluding hydrogens is 288 g/mol. The maximum atomic E-state index is 12.7. The summed E-state index contributed by atoms with van der Waals surface area (Å²) in [6, 6.07) is 5.98. The van der Waals surface area contributed by atoms with Gasteiger partial charge in [-0.15, -0.1) is 0 Å². The summed E-state index contributed by atoms with van der Waals surface area (Å²) < 4.78 is 26.9. The van der Waals surface area contributed by atoms with Crippen molar-refractivity contribution in [1.82, 2.24) is 9.21 Å². The molecule has 21 heavy (non-hydrogen) atoms. The van der Waals surface area contributed by atoms with Crippen molar-refractivity contribution in [2.24, 2.45) is 0 Å². The quantitative estimate of drug-likeness (QED) is 0.721. The van der Waals surface area contributed by atoms with Crippen molar-refractivity contribution < 1.29 is 13.2 Å². The fraction of sp³-hybridized carbons (Fsp3) is 0.533. The van der Waals surface area contributed by atoms with Crippen LogP contribution < -0.4 is 0 Å². The molecule has 118 valence electrons. The molecule has 1 aromatic rings. The molecule has 0 aliphatic rings. The third-order valence-corrected chi connectivity index (χ3v) is 5.40. The first-order valence-electron chi connectivity index (χ1n) is 6.97. The number of benzene rings is 1. The van der Waals surface area contributed by atoms with Crippen molar-refractivity contribution in [1.29, 1.82) is 0 Å². The van der Waals surface area contributed by atoms with Gasteiger partial charge in [-0.3, -0.25) is 4.79 Å². The molecule has 0 radical (unpaired) electrons. The van der Waals surface area contributed by atoms with E-state index in [0.717, 1.165) is 0 Å². The van der Waals surface area contributed by atoms with Gasteiger partial charge in [0.1, 0.15) is 0 Å². The lowest BCUT2D eigenvalue weighted by Gasteiger charge is -2.29. The van der Waals surface area contributed by atoms with Crippen LogP contribution in [0.25, 0.3) is 0 Å². The number of ketones is 1. The lowest BCUT2D eigenvalue weighted by atomic mass is 10.2.